The van der Waals surface area contributed by atoms with E-state index < -0.39 is 22.0 Å². The van der Waals surface area contributed by atoms with Gasteiger partial charge in [0.15, 0.2) is 0 Å². The predicted octanol–water partition coefficient (Wildman–Crippen LogP) is 2.79. The van der Waals surface area contributed by atoms with Crippen molar-refractivity contribution in [3.8, 4) is 0 Å². The van der Waals surface area contributed by atoms with Gasteiger partial charge in [0.1, 0.15) is 9.77 Å². The van der Waals surface area contributed by atoms with E-state index >= 15 is 0 Å². The molecule has 0 radical (unpaired) electrons. The number of aromatic carboxylic acids is 1. The standard InChI is InChI=1S/C14H15NO4S2/c1-9-5-3-4-6-11(9)10(2)15-21(18,19)12-7-8-20-13(12)14(16)17/h3-8,10,15H,1-2H3,(H,16,17)/t10-/m1/s1. The van der Waals surface area contributed by atoms with E-state index in [1.807, 2.05) is 31.2 Å². The van der Waals surface area contributed by atoms with Gasteiger partial charge in [-0.1, -0.05) is 24.3 Å². The molecule has 2 rings (SSSR count). The van der Waals surface area contributed by atoms with Gasteiger partial charge in [0.2, 0.25) is 10.0 Å². The number of hydrogen-bond acceptors (Lipinski definition) is 4. The van der Waals surface area contributed by atoms with Crippen LogP contribution in [0.2, 0.25) is 0 Å². The lowest BCUT2D eigenvalue weighted by Gasteiger charge is -2.16. The van der Waals surface area contributed by atoms with Gasteiger partial charge in [-0.3, -0.25) is 0 Å². The van der Waals surface area contributed by atoms with E-state index in [1.54, 1.807) is 6.92 Å². The Hall–Kier alpha value is -1.70. The second-order valence-corrected chi connectivity index (χ2v) is 7.22. The van der Waals surface area contributed by atoms with Crippen LogP contribution in [0.15, 0.2) is 40.6 Å². The van der Waals surface area contributed by atoms with E-state index in [9.17, 15) is 13.2 Å². The number of benzene rings is 1. The minimum absolute atomic E-state index is 0.181. The fraction of sp³-hybridized carbons (Fsp3) is 0.214. The molecule has 2 N–H and O–H groups in total. The number of carbonyl (C=O) groups is 1. The highest BCUT2D eigenvalue weighted by Crippen LogP contribution is 2.25. The summed E-state index contributed by atoms with van der Waals surface area (Å²) in [5.41, 5.74) is 1.82. The zero-order valence-corrected chi connectivity index (χ0v) is 13.2. The van der Waals surface area contributed by atoms with E-state index in [2.05, 4.69) is 4.72 Å². The van der Waals surface area contributed by atoms with Crippen LogP contribution in [0.25, 0.3) is 0 Å². The second-order valence-electron chi connectivity index (χ2n) is 4.62. The Morgan fingerprint density at radius 1 is 1.29 bits per heavy atom. The van der Waals surface area contributed by atoms with Crippen molar-refractivity contribution in [2.45, 2.75) is 24.8 Å². The Kier molecular flexibility index (Phi) is 4.46. The molecule has 0 unspecified atom stereocenters. The molecule has 1 heterocycles. The van der Waals surface area contributed by atoms with E-state index in [0.717, 1.165) is 22.5 Å². The molecule has 0 aliphatic heterocycles. The van der Waals surface area contributed by atoms with Crippen LogP contribution in [0.5, 0.6) is 0 Å². The fourth-order valence-electron chi connectivity index (χ4n) is 2.10. The van der Waals surface area contributed by atoms with Gasteiger partial charge < -0.3 is 5.11 Å². The van der Waals surface area contributed by atoms with Crippen LogP contribution in [0.3, 0.4) is 0 Å². The van der Waals surface area contributed by atoms with Crippen LogP contribution in [0.1, 0.15) is 33.8 Å². The number of hydrogen-bond donors (Lipinski definition) is 2. The Morgan fingerprint density at radius 3 is 2.57 bits per heavy atom. The van der Waals surface area contributed by atoms with Crippen LogP contribution in [0.4, 0.5) is 0 Å². The first-order valence-corrected chi connectivity index (χ1v) is 8.58. The Labute approximate surface area is 127 Å². The van der Waals surface area contributed by atoms with Gasteiger partial charge in [0.05, 0.1) is 0 Å². The number of sulfonamides is 1. The number of thiophene rings is 1. The summed E-state index contributed by atoms with van der Waals surface area (Å²) in [4.78, 5) is 10.7. The summed E-state index contributed by atoms with van der Waals surface area (Å²) in [7, 11) is -3.88. The van der Waals surface area contributed by atoms with Gasteiger partial charge in [-0.15, -0.1) is 11.3 Å². The largest absolute Gasteiger partial charge is 0.477 e. The van der Waals surface area contributed by atoms with E-state index in [1.165, 1.54) is 11.4 Å². The third-order valence-electron chi connectivity index (χ3n) is 3.10. The number of aryl methyl sites for hydroxylation is 1. The average molecular weight is 325 g/mol. The summed E-state index contributed by atoms with van der Waals surface area (Å²) in [5.74, 6) is -1.24. The molecule has 2 aromatic rings. The summed E-state index contributed by atoms with van der Waals surface area (Å²) >= 11 is 0.892. The summed E-state index contributed by atoms with van der Waals surface area (Å²) in [6.45, 7) is 3.63. The van der Waals surface area contributed by atoms with E-state index in [-0.39, 0.29) is 9.77 Å². The number of rotatable bonds is 5. The molecular formula is C14H15NO4S2. The maximum atomic E-state index is 12.3. The molecule has 1 aromatic carbocycles. The van der Waals surface area contributed by atoms with Crippen LogP contribution in [-0.4, -0.2) is 19.5 Å². The minimum Gasteiger partial charge on any atom is -0.477 e. The smallest absolute Gasteiger partial charge is 0.347 e. The number of carboxylic acids is 1. The molecule has 5 nitrogen and oxygen atoms in total. The second kappa shape index (κ2) is 5.97. The minimum atomic E-state index is -3.88. The highest BCUT2D eigenvalue weighted by molar-refractivity contribution is 7.89. The maximum Gasteiger partial charge on any atom is 0.347 e. The SMILES string of the molecule is Cc1ccccc1[C@@H](C)NS(=O)(=O)c1ccsc1C(=O)O. The highest BCUT2D eigenvalue weighted by atomic mass is 32.2. The van der Waals surface area contributed by atoms with Crippen molar-refractivity contribution in [1.29, 1.82) is 0 Å². The van der Waals surface area contributed by atoms with Gasteiger partial charge >= 0.3 is 5.97 Å². The Bertz CT molecular complexity index is 765. The molecule has 7 heteroatoms. The van der Waals surface area contributed by atoms with E-state index in [4.69, 9.17) is 5.11 Å². The topological polar surface area (TPSA) is 83.5 Å². The molecule has 1 atom stereocenters. The fourth-order valence-corrected chi connectivity index (χ4v) is 4.58. The molecule has 21 heavy (non-hydrogen) atoms. The third kappa shape index (κ3) is 3.31. The molecule has 0 spiro atoms. The maximum absolute atomic E-state index is 12.3. The third-order valence-corrected chi connectivity index (χ3v) is 5.71. The van der Waals surface area contributed by atoms with Crippen molar-refractivity contribution in [2.75, 3.05) is 0 Å². The van der Waals surface area contributed by atoms with Gasteiger partial charge in [0, 0.05) is 6.04 Å². The first kappa shape index (κ1) is 15.7. The summed E-state index contributed by atoms with van der Waals surface area (Å²) < 4.78 is 27.2. The van der Waals surface area contributed by atoms with Gasteiger partial charge in [0.25, 0.3) is 0 Å². The lowest BCUT2D eigenvalue weighted by molar-refractivity contribution is 0.0698. The van der Waals surface area contributed by atoms with Crippen molar-refractivity contribution in [3.63, 3.8) is 0 Å². The van der Waals surface area contributed by atoms with Crippen molar-refractivity contribution < 1.29 is 18.3 Å². The zero-order chi connectivity index (χ0) is 15.6. The van der Waals surface area contributed by atoms with Crippen LogP contribution < -0.4 is 4.72 Å². The van der Waals surface area contributed by atoms with Crippen molar-refractivity contribution >= 4 is 27.3 Å². The molecular weight excluding hydrogens is 310 g/mol. The monoisotopic (exact) mass is 325 g/mol. The molecule has 0 saturated carbocycles. The van der Waals surface area contributed by atoms with Crippen LogP contribution >= 0.6 is 11.3 Å². The highest BCUT2D eigenvalue weighted by Gasteiger charge is 2.25. The van der Waals surface area contributed by atoms with Crippen molar-refractivity contribution in [2.24, 2.45) is 0 Å². The summed E-state index contributed by atoms with van der Waals surface area (Å²) in [6, 6.07) is 8.31. The average Bonchev–Trinajstić information content (AvgIpc) is 2.88. The molecule has 0 aliphatic carbocycles. The van der Waals surface area contributed by atoms with Gasteiger partial charge in [-0.05, 0) is 36.4 Å². The van der Waals surface area contributed by atoms with E-state index in [0.29, 0.717) is 0 Å². The van der Waals surface area contributed by atoms with Gasteiger partial charge in [-0.25, -0.2) is 17.9 Å². The molecule has 0 fully saturated rings. The van der Waals surface area contributed by atoms with Crippen molar-refractivity contribution in [3.05, 3.63) is 51.7 Å². The number of nitrogens with one attached hydrogen (secondary N) is 1. The zero-order valence-electron chi connectivity index (χ0n) is 11.5. The Balaban J connectivity index is 2.32. The molecule has 0 bridgehead atoms. The first-order valence-electron chi connectivity index (χ1n) is 6.21. The molecule has 112 valence electrons. The first-order chi connectivity index (χ1) is 9.83. The number of carboxylic acid groups (broad SMARTS) is 1. The van der Waals surface area contributed by atoms with Crippen molar-refractivity contribution in [1.82, 2.24) is 4.72 Å². The lowest BCUT2D eigenvalue weighted by atomic mass is 10.0. The summed E-state index contributed by atoms with van der Waals surface area (Å²) in [5, 5.41) is 10.5. The summed E-state index contributed by atoms with van der Waals surface area (Å²) in [6.07, 6.45) is 0. The van der Waals surface area contributed by atoms with Gasteiger partial charge in [-0.2, -0.15) is 0 Å². The predicted molar refractivity (Wildman–Crippen MR) is 81.2 cm³/mol. The molecule has 0 saturated heterocycles. The molecule has 0 amide bonds. The quantitative estimate of drug-likeness (QED) is 0.885. The normalized spacial score (nSPS) is 13.0. The molecule has 1 aromatic heterocycles. The lowest BCUT2D eigenvalue weighted by Crippen LogP contribution is -2.28. The van der Waals surface area contributed by atoms with Crippen LogP contribution in [-0.2, 0) is 10.0 Å². The Morgan fingerprint density at radius 2 is 1.95 bits per heavy atom. The van der Waals surface area contributed by atoms with Crippen LogP contribution in [0, 0.1) is 6.92 Å². The molecule has 0 aliphatic rings.